The van der Waals surface area contributed by atoms with Gasteiger partial charge in [0.1, 0.15) is 5.69 Å². The molecule has 3 N–H and O–H groups in total. The van der Waals surface area contributed by atoms with Crippen molar-refractivity contribution < 1.29 is 22.4 Å². The van der Waals surface area contributed by atoms with E-state index in [1.165, 1.54) is 31.5 Å². The number of aromatic nitrogens is 2. The third-order valence-corrected chi connectivity index (χ3v) is 5.44. The Kier molecular flexibility index (Phi) is 6.42. The van der Waals surface area contributed by atoms with Gasteiger partial charge in [-0.1, -0.05) is 6.07 Å². The van der Waals surface area contributed by atoms with Gasteiger partial charge in [0.15, 0.2) is 17.1 Å². The number of carbonyl (C=O) groups is 1. The minimum Gasteiger partial charge on any atom is -0.364 e. The van der Waals surface area contributed by atoms with Gasteiger partial charge in [-0.05, 0) is 48.9 Å². The van der Waals surface area contributed by atoms with Crippen molar-refractivity contribution in [1.82, 2.24) is 9.97 Å². The van der Waals surface area contributed by atoms with Crippen LogP contribution in [0.3, 0.4) is 0 Å². The number of aromatic amines is 1. The van der Waals surface area contributed by atoms with E-state index in [4.69, 9.17) is 5.73 Å². The number of fused-ring (bicyclic) bond motifs is 1. The SMILES string of the molecule is Cc1c(C2CCC(F)(F)CC2)ccc(F)c1F.NC(=O)c1nccc2[nH]ccc(=O)c12. The van der Waals surface area contributed by atoms with Crippen molar-refractivity contribution in [2.45, 2.75) is 44.4 Å². The Morgan fingerprint density at radius 1 is 1.16 bits per heavy atom. The molecule has 0 unspecified atom stereocenters. The summed E-state index contributed by atoms with van der Waals surface area (Å²) in [7, 11) is 0. The largest absolute Gasteiger partial charge is 0.364 e. The van der Waals surface area contributed by atoms with Crippen molar-refractivity contribution in [1.29, 1.82) is 0 Å². The van der Waals surface area contributed by atoms with Crippen molar-refractivity contribution in [2.24, 2.45) is 5.73 Å². The maximum absolute atomic E-state index is 13.4. The van der Waals surface area contributed by atoms with Crippen LogP contribution >= 0.6 is 0 Å². The summed E-state index contributed by atoms with van der Waals surface area (Å²) in [4.78, 5) is 29.0. The van der Waals surface area contributed by atoms with E-state index in [1.807, 2.05) is 0 Å². The molecule has 1 aliphatic rings. The molecule has 4 rings (SSSR count). The van der Waals surface area contributed by atoms with Crippen molar-refractivity contribution >= 4 is 16.8 Å². The Hall–Kier alpha value is -3.23. The Labute approximate surface area is 175 Å². The number of pyridine rings is 2. The highest BCUT2D eigenvalue weighted by atomic mass is 19.3. The molecule has 1 aliphatic carbocycles. The van der Waals surface area contributed by atoms with E-state index in [0.29, 0.717) is 23.9 Å². The molecule has 0 atom stereocenters. The Morgan fingerprint density at radius 3 is 2.48 bits per heavy atom. The molecule has 1 fully saturated rings. The van der Waals surface area contributed by atoms with Crippen LogP contribution in [0.15, 0.2) is 41.5 Å². The number of nitrogens with one attached hydrogen (secondary N) is 1. The molecule has 1 saturated carbocycles. The number of benzene rings is 1. The average Bonchev–Trinajstić information content (AvgIpc) is 2.73. The predicted octanol–water partition coefficient (Wildman–Crippen LogP) is 4.59. The maximum Gasteiger partial charge on any atom is 0.268 e. The monoisotopic (exact) mass is 435 g/mol. The Bertz CT molecular complexity index is 1160. The summed E-state index contributed by atoms with van der Waals surface area (Å²) in [6, 6.07) is 5.53. The predicted molar refractivity (Wildman–Crippen MR) is 108 cm³/mol. The fourth-order valence-electron chi connectivity index (χ4n) is 3.77. The quantitative estimate of drug-likeness (QED) is 0.577. The fraction of sp³-hybridized carbons (Fsp3) is 0.318. The zero-order chi connectivity index (χ0) is 22.8. The number of nitrogens with zero attached hydrogens (tertiary/aromatic N) is 1. The van der Waals surface area contributed by atoms with Crippen LogP contribution in [0.2, 0.25) is 0 Å². The third kappa shape index (κ3) is 4.92. The van der Waals surface area contributed by atoms with Crippen LogP contribution in [-0.2, 0) is 0 Å². The summed E-state index contributed by atoms with van der Waals surface area (Å²) in [5, 5.41) is 0.238. The molecule has 0 spiro atoms. The second-order valence-electron chi connectivity index (χ2n) is 7.49. The van der Waals surface area contributed by atoms with Gasteiger partial charge in [0.2, 0.25) is 5.92 Å². The summed E-state index contributed by atoms with van der Waals surface area (Å²) in [5.41, 5.74) is 6.31. The van der Waals surface area contributed by atoms with Crippen LogP contribution in [0.1, 0.15) is 53.2 Å². The Morgan fingerprint density at radius 2 is 1.84 bits per heavy atom. The first-order valence-corrected chi connectivity index (χ1v) is 9.69. The molecular weight excluding hydrogens is 414 g/mol. The highest BCUT2D eigenvalue weighted by molar-refractivity contribution is 6.03. The van der Waals surface area contributed by atoms with Crippen LogP contribution in [0.4, 0.5) is 17.6 Å². The maximum atomic E-state index is 13.4. The summed E-state index contributed by atoms with van der Waals surface area (Å²) >= 11 is 0. The molecule has 3 aromatic rings. The topological polar surface area (TPSA) is 88.8 Å². The van der Waals surface area contributed by atoms with Crippen LogP contribution in [0.25, 0.3) is 10.9 Å². The van der Waals surface area contributed by atoms with Crippen LogP contribution in [0.5, 0.6) is 0 Å². The number of primary amides is 1. The number of hydrogen-bond acceptors (Lipinski definition) is 3. The van der Waals surface area contributed by atoms with Crippen molar-refractivity contribution in [3.8, 4) is 0 Å². The van der Waals surface area contributed by atoms with Gasteiger partial charge in [-0.15, -0.1) is 0 Å². The second kappa shape index (κ2) is 8.87. The second-order valence-corrected chi connectivity index (χ2v) is 7.49. The highest BCUT2D eigenvalue weighted by Crippen LogP contribution is 2.42. The molecule has 1 aromatic carbocycles. The fourth-order valence-corrected chi connectivity index (χ4v) is 3.77. The third-order valence-electron chi connectivity index (χ3n) is 5.44. The molecule has 0 radical (unpaired) electrons. The lowest BCUT2D eigenvalue weighted by molar-refractivity contribution is -0.0382. The van der Waals surface area contributed by atoms with Gasteiger partial charge in [-0.3, -0.25) is 14.6 Å². The minimum absolute atomic E-state index is 0.00403. The summed E-state index contributed by atoms with van der Waals surface area (Å²) < 4.78 is 52.3. The first kappa shape index (κ1) is 22.5. The molecule has 2 aromatic heterocycles. The molecule has 1 amide bonds. The van der Waals surface area contributed by atoms with E-state index in [-0.39, 0.29) is 40.8 Å². The van der Waals surface area contributed by atoms with E-state index in [2.05, 4.69) is 9.97 Å². The molecule has 0 bridgehead atoms. The van der Waals surface area contributed by atoms with Crippen molar-refractivity contribution in [3.05, 3.63) is 75.3 Å². The highest BCUT2D eigenvalue weighted by Gasteiger charge is 2.36. The van der Waals surface area contributed by atoms with Gasteiger partial charge in [0.25, 0.3) is 5.91 Å². The first-order valence-electron chi connectivity index (χ1n) is 9.69. The van der Waals surface area contributed by atoms with Crippen LogP contribution in [-0.4, -0.2) is 21.8 Å². The van der Waals surface area contributed by atoms with Gasteiger partial charge in [-0.25, -0.2) is 17.6 Å². The van der Waals surface area contributed by atoms with E-state index in [1.54, 1.807) is 6.07 Å². The number of rotatable bonds is 2. The molecular formula is C22H21F4N3O2. The zero-order valence-corrected chi connectivity index (χ0v) is 16.7. The van der Waals surface area contributed by atoms with Crippen molar-refractivity contribution in [3.63, 3.8) is 0 Å². The number of nitrogens with two attached hydrogens (primary N) is 1. The first-order chi connectivity index (χ1) is 14.6. The number of H-pyrrole nitrogens is 1. The van der Waals surface area contributed by atoms with Crippen molar-refractivity contribution in [2.75, 3.05) is 0 Å². The van der Waals surface area contributed by atoms with Gasteiger partial charge < -0.3 is 10.7 Å². The molecule has 2 heterocycles. The van der Waals surface area contributed by atoms with Crippen LogP contribution in [0, 0.1) is 18.6 Å². The molecule has 0 aliphatic heterocycles. The van der Waals surface area contributed by atoms with E-state index >= 15 is 0 Å². The number of halogens is 4. The van der Waals surface area contributed by atoms with E-state index in [9.17, 15) is 27.2 Å². The van der Waals surface area contributed by atoms with Gasteiger partial charge >= 0.3 is 0 Å². The number of hydrogen-bond donors (Lipinski definition) is 2. The average molecular weight is 435 g/mol. The van der Waals surface area contributed by atoms with E-state index in [0.717, 1.165) is 6.07 Å². The molecule has 0 saturated heterocycles. The molecule has 31 heavy (non-hydrogen) atoms. The smallest absolute Gasteiger partial charge is 0.268 e. The molecule has 164 valence electrons. The molecule has 9 heteroatoms. The normalized spacial score (nSPS) is 15.9. The lowest BCUT2D eigenvalue weighted by Gasteiger charge is -2.29. The summed E-state index contributed by atoms with van der Waals surface area (Å²) in [5.74, 6) is -5.12. The van der Waals surface area contributed by atoms with Gasteiger partial charge in [-0.2, -0.15) is 0 Å². The minimum atomic E-state index is -2.59. The number of alkyl halides is 2. The standard InChI is InChI=1S/C13H14F4.C9H7N3O2/c1-8-10(2-3-11(14)12(8)15)9-4-6-13(16,17)7-5-9;10-9(14)8-7-5(1-3-12-8)11-4-2-6(7)13/h2-3,9H,4-7H2,1H3;1-4H,(H2,10,14)(H,11,13). The van der Waals surface area contributed by atoms with E-state index < -0.39 is 23.5 Å². The Balaban J connectivity index is 0.000000179. The summed E-state index contributed by atoms with van der Waals surface area (Å²) in [6.45, 7) is 1.50. The number of carbonyl (C=O) groups excluding carboxylic acids is 1. The summed E-state index contributed by atoms with van der Waals surface area (Å²) in [6.07, 6.45) is 3.26. The van der Waals surface area contributed by atoms with Gasteiger partial charge in [0, 0.05) is 31.3 Å². The zero-order valence-electron chi connectivity index (χ0n) is 16.7. The van der Waals surface area contributed by atoms with Crippen LogP contribution < -0.4 is 11.2 Å². The number of amides is 1. The van der Waals surface area contributed by atoms with Gasteiger partial charge in [0.05, 0.1) is 10.9 Å². The lowest BCUT2D eigenvalue weighted by Crippen LogP contribution is -2.24. The lowest BCUT2D eigenvalue weighted by atomic mass is 9.80. The molecule has 5 nitrogen and oxygen atoms in total.